The quantitative estimate of drug-likeness (QED) is 0.766. The van der Waals surface area contributed by atoms with Crippen LogP contribution in [0.1, 0.15) is 37.5 Å². The molecule has 0 fully saturated rings. The van der Waals surface area contributed by atoms with Crippen molar-refractivity contribution in [2.45, 2.75) is 20.4 Å². The molecule has 0 aliphatic rings. The fourth-order valence-corrected chi connectivity index (χ4v) is 3.54. The van der Waals surface area contributed by atoms with Crippen LogP contribution in [0.2, 0.25) is 0 Å². The Morgan fingerprint density at radius 1 is 1.12 bits per heavy atom. The number of rotatable bonds is 4. The third-order valence-corrected chi connectivity index (χ3v) is 5.01. The van der Waals surface area contributed by atoms with Crippen LogP contribution in [-0.4, -0.2) is 21.6 Å². The highest BCUT2D eigenvalue weighted by atomic mass is 32.1. The number of hydrogen-bond donors (Lipinski definition) is 1. The first-order valence-corrected chi connectivity index (χ1v) is 8.95. The molecule has 1 heterocycles. The number of carbonyl (C=O) groups excluding carboxylic acids is 1. The number of aromatic nitrogens is 1. The van der Waals surface area contributed by atoms with Gasteiger partial charge in [0.25, 0.3) is 5.91 Å². The molecule has 0 bridgehead atoms. The summed E-state index contributed by atoms with van der Waals surface area (Å²) in [5.74, 6) is -1.28. The van der Waals surface area contributed by atoms with Gasteiger partial charge in [0.05, 0.1) is 12.1 Å². The number of nitrogens with zero attached hydrogens (tertiary/aromatic N) is 2. The van der Waals surface area contributed by atoms with E-state index in [1.54, 1.807) is 36.4 Å². The zero-order valence-corrected chi connectivity index (χ0v) is 15.3. The molecule has 0 saturated carbocycles. The Hall–Kier alpha value is -2.99. The SMILES string of the molecule is Cc1cccc(C(=O)N=c2scc(C)n2Cc2ccccc2C(=O)O)c1. The Balaban J connectivity index is 2.00. The molecule has 0 aliphatic heterocycles. The fourth-order valence-electron chi connectivity index (χ4n) is 2.66. The predicted molar refractivity (Wildman–Crippen MR) is 101 cm³/mol. The summed E-state index contributed by atoms with van der Waals surface area (Å²) in [5, 5.41) is 11.3. The second-order valence-electron chi connectivity index (χ2n) is 5.99. The predicted octanol–water partition coefficient (Wildman–Crippen LogP) is 3.65. The smallest absolute Gasteiger partial charge is 0.336 e. The van der Waals surface area contributed by atoms with Crippen LogP contribution in [0.25, 0.3) is 0 Å². The third kappa shape index (κ3) is 3.81. The highest BCUT2D eigenvalue weighted by molar-refractivity contribution is 7.07. The largest absolute Gasteiger partial charge is 0.478 e. The molecule has 6 heteroatoms. The van der Waals surface area contributed by atoms with Crippen molar-refractivity contribution in [1.29, 1.82) is 0 Å². The van der Waals surface area contributed by atoms with E-state index in [1.165, 1.54) is 11.3 Å². The Morgan fingerprint density at radius 3 is 2.62 bits per heavy atom. The molecule has 132 valence electrons. The molecule has 2 aromatic carbocycles. The van der Waals surface area contributed by atoms with Gasteiger partial charge < -0.3 is 9.67 Å². The monoisotopic (exact) mass is 366 g/mol. The molecule has 0 spiro atoms. The van der Waals surface area contributed by atoms with Crippen molar-refractivity contribution in [2.24, 2.45) is 4.99 Å². The van der Waals surface area contributed by atoms with Crippen LogP contribution < -0.4 is 4.80 Å². The minimum absolute atomic E-state index is 0.251. The van der Waals surface area contributed by atoms with Gasteiger partial charge in [0, 0.05) is 16.6 Å². The van der Waals surface area contributed by atoms with Gasteiger partial charge >= 0.3 is 5.97 Å². The van der Waals surface area contributed by atoms with Crippen molar-refractivity contribution in [3.63, 3.8) is 0 Å². The Labute approximate surface area is 154 Å². The van der Waals surface area contributed by atoms with Crippen molar-refractivity contribution in [2.75, 3.05) is 0 Å². The first-order chi connectivity index (χ1) is 12.5. The average molecular weight is 366 g/mol. The second kappa shape index (κ2) is 7.49. The van der Waals surface area contributed by atoms with Gasteiger partial charge in [-0.05, 0) is 37.6 Å². The highest BCUT2D eigenvalue weighted by Crippen LogP contribution is 2.13. The van der Waals surface area contributed by atoms with E-state index in [0.29, 0.717) is 22.5 Å². The van der Waals surface area contributed by atoms with Crippen LogP contribution in [0.4, 0.5) is 0 Å². The number of hydrogen-bond acceptors (Lipinski definition) is 3. The summed E-state index contributed by atoms with van der Waals surface area (Å²) in [6.45, 7) is 4.18. The molecule has 26 heavy (non-hydrogen) atoms. The lowest BCUT2D eigenvalue weighted by molar-refractivity contribution is 0.0695. The number of carbonyl (C=O) groups is 2. The summed E-state index contributed by atoms with van der Waals surface area (Å²) in [4.78, 5) is 28.7. The van der Waals surface area contributed by atoms with Gasteiger partial charge in [0.1, 0.15) is 0 Å². The van der Waals surface area contributed by atoms with E-state index in [2.05, 4.69) is 4.99 Å². The first kappa shape index (κ1) is 17.8. The van der Waals surface area contributed by atoms with E-state index in [-0.39, 0.29) is 11.5 Å². The van der Waals surface area contributed by atoms with E-state index in [0.717, 1.165) is 11.3 Å². The van der Waals surface area contributed by atoms with Gasteiger partial charge in [-0.2, -0.15) is 4.99 Å². The number of aromatic carboxylic acids is 1. The first-order valence-electron chi connectivity index (χ1n) is 8.07. The van der Waals surface area contributed by atoms with Gasteiger partial charge in [0.2, 0.25) is 0 Å². The minimum atomic E-state index is -0.969. The highest BCUT2D eigenvalue weighted by Gasteiger charge is 2.12. The molecule has 0 saturated heterocycles. The molecule has 1 N–H and O–H groups in total. The number of benzene rings is 2. The van der Waals surface area contributed by atoms with E-state index < -0.39 is 5.97 Å². The molecule has 3 rings (SSSR count). The molecule has 5 nitrogen and oxygen atoms in total. The standard InChI is InChI=1S/C20H18N2O3S/c1-13-6-5-8-15(10-13)18(23)21-20-22(14(2)12-26-20)11-16-7-3-4-9-17(16)19(24)25/h3-10,12H,11H2,1-2H3,(H,24,25). The Bertz CT molecular complexity index is 1050. The minimum Gasteiger partial charge on any atom is -0.478 e. The maximum atomic E-state index is 12.5. The maximum absolute atomic E-state index is 12.5. The number of aryl methyl sites for hydroxylation is 2. The van der Waals surface area contributed by atoms with Crippen molar-refractivity contribution < 1.29 is 14.7 Å². The lowest BCUT2D eigenvalue weighted by Crippen LogP contribution is -2.20. The molecule has 0 atom stereocenters. The number of carboxylic acids is 1. The Morgan fingerprint density at radius 2 is 1.88 bits per heavy atom. The number of thiazole rings is 1. The number of carboxylic acid groups (broad SMARTS) is 1. The lowest BCUT2D eigenvalue weighted by Gasteiger charge is -2.09. The van der Waals surface area contributed by atoms with E-state index >= 15 is 0 Å². The van der Waals surface area contributed by atoms with Crippen molar-refractivity contribution >= 4 is 23.2 Å². The van der Waals surface area contributed by atoms with Crippen LogP contribution in [0, 0.1) is 13.8 Å². The molecular formula is C20H18N2O3S. The fraction of sp³-hybridized carbons (Fsp3) is 0.150. The van der Waals surface area contributed by atoms with Gasteiger partial charge in [-0.1, -0.05) is 35.9 Å². The van der Waals surface area contributed by atoms with Crippen molar-refractivity contribution in [3.8, 4) is 0 Å². The van der Waals surface area contributed by atoms with E-state index in [4.69, 9.17) is 0 Å². The van der Waals surface area contributed by atoms with E-state index in [9.17, 15) is 14.7 Å². The molecule has 0 radical (unpaired) electrons. The van der Waals surface area contributed by atoms with Crippen LogP contribution in [0.5, 0.6) is 0 Å². The van der Waals surface area contributed by atoms with Gasteiger partial charge in [0.15, 0.2) is 4.80 Å². The Kier molecular flexibility index (Phi) is 5.14. The molecule has 0 unspecified atom stereocenters. The van der Waals surface area contributed by atoms with Crippen LogP contribution >= 0.6 is 11.3 Å². The normalized spacial score (nSPS) is 11.5. The molecule has 0 aliphatic carbocycles. The van der Waals surface area contributed by atoms with Crippen LogP contribution in [0.3, 0.4) is 0 Å². The topological polar surface area (TPSA) is 71.7 Å². The van der Waals surface area contributed by atoms with Gasteiger partial charge in [-0.15, -0.1) is 11.3 Å². The zero-order valence-electron chi connectivity index (χ0n) is 14.5. The third-order valence-electron chi connectivity index (χ3n) is 4.03. The molecule has 1 amide bonds. The van der Waals surface area contributed by atoms with Crippen LogP contribution in [-0.2, 0) is 6.54 Å². The second-order valence-corrected chi connectivity index (χ2v) is 6.83. The maximum Gasteiger partial charge on any atom is 0.336 e. The summed E-state index contributed by atoms with van der Waals surface area (Å²) >= 11 is 1.36. The van der Waals surface area contributed by atoms with Gasteiger partial charge in [-0.3, -0.25) is 4.79 Å². The molecule has 1 aromatic heterocycles. The average Bonchev–Trinajstić information content (AvgIpc) is 2.95. The summed E-state index contributed by atoms with van der Waals surface area (Å²) in [7, 11) is 0. The zero-order chi connectivity index (χ0) is 18.7. The lowest BCUT2D eigenvalue weighted by atomic mass is 10.1. The van der Waals surface area contributed by atoms with E-state index in [1.807, 2.05) is 35.9 Å². The molecular weight excluding hydrogens is 348 g/mol. The summed E-state index contributed by atoms with van der Waals surface area (Å²) in [6.07, 6.45) is 0. The summed E-state index contributed by atoms with van der Waals surface area (Å²) < 4.78 is 1.86. The molecule has 3 aromatic rings. The van der Waals surface area contributed by atoms with Crippen molar-refractivity contribution in [3.05, 3.63) is 86.7 Å². The number of amides is 1. The van der Waals surface area contributed by atoms with Gasteiger partial charge in [-0.25, -0.2) is 4.79 Å². The summed E-state index contributed by atoms with van der Waals surface area (Å²) in [6, 6.07) is 14.2. The summed E-state index contributed by atoms with van der Waals surface area (Å²) in [5.41, 5.74) is 3.38. The van der Waals surface area contributed by atoms with Crippen molar-refractivity contribution in [1.82, 2.24) is 4.57 Å². The van der Waals surface area contributed by atoms with Crippen LogP contribution in [0.15, 0.2) is 58.9 Å².